The monoisotopic (exact) mass is 878 g/mol. The van der Waals surface area contributed by atoms with Crippen molar-refractivity contribution < 1.29 is 0 Å². The van der Waals surface area contributed by atoms with Gasteiger partial charge in [-0.2, -0.15) is 0 Å². The van der Waals surface area contributed by atoms with E-state index in [1.165, 1.54) is 32.3 Å². The zero-order chi connectivity index (χ0) is 45.7. The summed E-state index contributed by atoms with van der Waals surface area (Å²) in [5.41, 5.74) is 14.7. The first-order valence-corrected chi connectivity index (χ1v) is 23.4. The van der Waals surface area contributed by atoms with E-state index in [0.717, 1.165) is 77.9 Å². The van der Waals surface area contributed by atoms with Crippen molar-refractivity contribution in [2.45, 2.75) is 0 Å². The zero-order valence-electron chi connectivity index (χ0n) is 37.5. The van der Waals surface area contributed by atoms with Gasteiger partial charge in [0.2, 0.25) is 0 Å². The van der Waals surface area contributed by atoms with Gasteiger partial charge in [-0.15, -0.1) is 0 Å². The Labute approximate surface area is 400 Å². The first-order chi connectivity index (χ1) is 34.2. The standard InChI is InChI=1S/C65H42N4/c1-6-20-43(21-7-1)44-34-36-49(37-35-44)64-66-63(48-28-14-5-15-29-48)67-65(68-64)57-42-54(45-22-8-2-9-23-45)62(61(47-26-12-4-13-27-47)60(57)46-24-10-3-11-25-46)69-58-40-52-32-18-16-30-50(52)38-55(58)56-39-51-31-17-19-33-53(51)41-59(56)69/h1-42H. The lowest BCUT2D eigenvalue weighted by Crippen LogP contribution is -2.06. The first-order valence-electron chi connectivity index (χ1n) is 23.4. The summed E-state index contributed by atoms with van der Waals surface area (Å²) >= 11 is 0. The van der Waals surface area contributed by atoms with Crippen molar-refractivity contribution >= 4 is 43.4 Å². The number of rotatable bonds is 8. The summed E-state index contributed by atoms with van der Waals surface area (Å²) in [6, 6.07) is 90.9. The average molecular weight is 879 g/mol. The first kappa shape index (κ1) is 40.1. The highest BCUT2D eigenvalue weighted by Crippen LogP contribution is 2.50. The van der Waals surface area contributed by atoms with Crippen LogP contribution in [-0.2, 0) is 0 Å². The number of hydrogen-bond donors (Lipinski definition) is 0. The summed E-state index contributed by atoms with van der Waals surface area (Å²) in [7, 11) is 0. The summed E-state index contributed by atoms with van der Waals surface area (Å²) in [4.78, 5) is 16.2. The molecule has 0 N–H and O–H groups in total. The molecule has 0 radical (unpaired) electrons. The number of benzene rings is 11. The highest BCUT2D eigenvalue weighted by Gasteiger charge is 2.28. The maximum atomic E-state index is 5.49. The van der Waals surface area contributed by atoms with Gasteiger partial charge in [-0.3, -0.25) is 0 Å². The Balaban J connectivity index is 1.19. The van der Waals surface area contributed by atoms with Crippen LogP contribution in [0.2, 0.25) is 0 Å². The van der Waals surface area contributed by atoms with E-state index in [2.05, 4.69) is 235 Å². The van der Waals surface area contributed by atoms with Gasteiger partial charge in [0.25, 0.3) is 0 Å². The molecule has 4 heteroatoms. The number of aromatic nitrogens is 4. The molecule has 2 heterocycles. The third-order valence-electron chi connectivity index (χ3n) is 13.4. The molecule has 0 fully saturated rings. The highest BCUT2D eigenvalue weighted by molar-refractivity contribution is 6.18. The minimum atomic E-state index is 0.588. The van der Waals surface area contributed by atoms with Crippen LogP contribution >= 0.6 is 0 Å². The van der Waals surface area contributed by atoms with Crippen molar-refractivity contribution in [1.29, 1.82) is 0 Å². The van der Waals surface area contributed by atoms with E-state index in [4.69, 9.17) is 15.0 Å². The van der Waals surface area contributed by atoms with Gasteiger partial charge in [0.1, 0.15) is 0 Å². The van der Waals surface area contributed by atoms with Gasteiger partial charge in [0, 0.05) is 44.2 Å². The lowest BCUT2D eigenvalue weighted by Gasteiger charge is -2.25. The molecular formula is C65H42N4. The molecule has 0 aliphatic carbocycles. The molecule has 4 nitrogen and oxygen atoms in total. The van der Waals surface area contributed by atoms with Gasteiger partial charge in [0.05, 0.1) is 16.7 Å². The molecule has 69 heavy (non-hydrogen) atoms. The van der Waals surface area contributed by atoms with Crippen LogP contribution in [0.4, 0.5) is 0 Å². The third-order valence-corrected chi connectivity index (χ3v) is 13.4. The van der Waals surface area contributed by atoms with Gasteiger partial charge in [-0.1, -0.05) is 224 Å². The van der Waals surface area contributed by atoms with E-state index in [0.29, 0.717) is 17.5 Å². The third kappa shape index (κ3) is 7.14. The fourth-order valence-corrected chi connectivity index (χ4v) is 10.1. The minimum absolute atomic E-state index is 0.588. The second-order valence-corrected chi connectivity index (χ2v) is 17.6. The molecule has 0 atom stereocenters. The van der Waals surface area contributed by atoms with E-state index in [1.54, 1.807) is 0 Å². The fraction of sp³-hybridized carbons (Fsp3) is 0. The maximum Gasteiger partial charge on any atom is 0.164 e. The molecule has 0 aliphatic heterocycles. The molecule has 0 aliphatic rings. The number of nitrogens with zero attached hydrogens (tertiary/aromatic N) is 4. The Morgan fingerprint density at radius 2 is 0.594 bits per heavy atom. The van der Waals surface area contributed by atoms with Crippen molar-refractivity contribution in [1.82, 2.24) is 19.5 Å². The molecule has 13 aromatic rings. The van der Waals surface area contributed by atoms with E-state index < -0.39 is 0 Å². The summed E-state index contributed by atoms with van der Waals surface area (Å²) in [5, 5.41) is 7.18. The molecule has 0 saturated heterocycles. The Morgan fingerprint density at radius 3 is 1.09 bits per heavy atom. The number of fused-ring (bicyclic) bond motifs is 5. The summed E-state index contributed by atoms with van der Waals surface area (Å²) < 4.78 is 2.53. The lowest BCUT2D eigenvalue weighted by atomic mass is 9.84. The molecule has 0 saturated carbocycles. The summed E-state index contributed by atoms with van der Waals surface area (Å²) in [6.07, 6.45) is 0. The largest absolute Gasteiger partial charge is 0.308 e. The summed E-state index contributed by atoms with van der Waals surface area (Å²) in [6.45, 7) is 0. The highest BCUT2D eigenvalue weighted by atomic mass is 15.0. The van der Waals surface area contributed by atoms with E-state index in [9.17, 15) is 0 Å². The van der Waals surface area contributed by atoms with Crippen LogP contribution in [0.15, 0.2) is 255 Å². The smallest absolute Gasteiger partial charge is 0.164 e. The lowest BCUT2D eigenvalue weighted by molar-refractivity contribution is 1.07. The quantitative estimate of drug-likeness (QED) is 0.153. The Hall–Kier alpha value is -9.25. The van der Waals surface area contributed by atoms with Crippen LogP contribution in [-0.4, -0.2) is 19.5 Å². The fourth-order valence-electron chi connectivity index (χ4n) is 10.1. The normalized spacial score (nSPS) is 11.5. The van der Waals surface area contributed by atoms with Crippen LogP contribution in [0.25, 0.3) is 128 Å². The molecule has 0 unspecified atom stereocenters. The molecule has 2 aromatic heterocycles. The molecule has 0 spiro atoms. The van der Waals surface area contributed by atoms with Crippen molar-refractivity contribution in [2.24, 2.45) is 0 Å². The maximum absolute atomic E-state index is 5.49. The molecule has 322 valence electrons. The molecule has 11 aromatic carbocycles. The Bertz CT molecular complexity index is 3920. The van der Waals surface area contributed by atoms with Crippen LogP contribution in [0.3, 0.4) is 0 Å². The Morgan fingerprint density at radius 1 is 0.246 bits per heavy atom. The number of hydrogen-bond acceptors (Lipinski definition) is 3. The predicted molar refractivity (Wildman–Crippen MR) is 287 cm³/mol. The average Bonchev–Trinajstić information content (AvgIpc) is 3.73. The van der Waals surface area contributed by atoms with Crippen LogP contribution in [0.1, 0.15) is 0 Å². The SMILES string of the molecule is c1ccc(-c2ccc(-c3nc(-c4ccccc4)nc(-c4cc(-c5ccccc5)c(-n5c6cc7ccccc7cc6c6cc7ccccc7cc65)c(-c5ccccc5)c4-c4ccccc4)n3)cc2)cc1. The molecule has 13 rings (SSSR count). The van der Waals surface area contributed by atoms with Gasteiger partial charge < -0.3 is 4.57 Å². The molecule has 0 bridgehead atoms. The van der Waals surface area contributed by atoms with E-state index in [1.807, 2.05) is 24.3 Å². The molecule has 0 amide bonds. The van der Waals surface area contributed by atoms with E-state index in [-0.39, 0.29) is 0 Å². The van der Waals surface area contributed by atoms with Gasteiger partial charge in [0.15, 0.2) is 17.5 Å². The van der Waals surface area contributed by atoms with Gasteiger partial charge in [-0.05, 0) is 79.7 Å². The molecular weight excluding hydrogens is 837 g/mol. The second-order valence-electron chi connectivity index (χ2n) is 17.6. The summed E-state index contributed by atoms with van der Waals surface area (Å²) in [5.74, 6) is 1.80. The predicted octanol–water partition coefficient (Wildman–Crippen LogP) is 16.9. The van der Waals surface area contributed by atoms with Gasteiger partial charge in [-0.25, -0.2) is 15.0 Å². The van der Waals surface area contributed by atoms with E-state index >= 15 is 0 Å². The van der Waals surface area contributed by atoms with Crippen molar-refractivity contribution in [3.05, 3.63) is 255 Å². The zero-order valence-corrected chi connectivity index (χ0v) is 37.5. The van der Waals surface area contributed by atoms with Crippen molar-refractivity contribution in [3.8, 4) is 84.4 Å². The van der Waals surface area contributed by atoms with Crippen LogP contribution in [0.5, 0.6) is 0 Å². The second kappa shape index (κ2) is 16.9. The van der Waals surface area contributed by atoms with Crippen LogP contribution < -0.4 is 0 Å². The van der Waals surface area contributed by atoms with Gasteiger partial charge >= 0.3 is 0 Å². The van der Waals surface area contributed by atoms with Crippen molar-refractivity contribution in [3.63, 3.8) is 0 Å². The van der Waals surface area contributed by atoms with Crippen molar-refractivity contribution in [2.75, 3.05) is 0 Å². The Kier molecular flexibility index (Phi) is 9.80. The van der Waals surface area contributed by atoms with Crippen LogP contribution in [0, 0.1) is 0 Å². The minimum Gasteiger partial charge on any atom is -0.308 e. The topological polar surface area (TPSA) is 43.6 Å².